The number of carbonyl (C=O) groups is 1. The molecule has 0 bridgehead atoms. The van der Waals surface area contributed by atoms with Crippen LogP contribution in [-0.2, 0) is 27.5 Å². The minimum absolute atomic E-state index is 0.121. The summed E-state index contributed by atoms with van der Waals surface area (Å²) in [6.07, 6.45) is 2.06. The third-order valence-electron chi connectivity index (χ3n) is 4.42. The molecule has 3 aromatic rings. The van der Waals surface area contributed by atoms with Gasteiger partial charge in [0.25, 0.3) is 0 Å². The fraction of sp³-hybridized carbons (Fsp3) is 0.211. The van der Waals surface area contributed by atoms with E-state index < -0.39 is 28.9 Å². The lowest BCUT2D eigenvalue weighted by molar-refractivity contribution is 0.136. The summed E-state index contributed by atoms with van der Waals surface area (Å²) in [4.78, 5) is 12.5. The zero-order valence-corrected chi connectivity index (χ0v) is 16.5. The zero-order valence-electron chi connectivity index (χ0n) is 15.7. The highest BCUT2D eigenvalue weighted by atomic mass is 32.2. The van der Waals surface area contributed by atoms with Gasteiger partial charge in [0.05, 0.1) is 26.8 Å². The van der Waals surface area contributed by atoms with Gasteiger partial charge in [-0.05, 0) is 24.1 Å². The number of benzene rings is 2. The number of furan rings is 1. The molecule has 3 rings (SSSR count). The lowest BCUT2D eigenvalue weighted by Crippen LogP contribution is -2.48. The Morgan fingerprint density at radius 3 is 2.62 bits per heavy atom. The Bertz CT molecular complexity index is 1110. The number of para-hydroxylation sites is 1. The molecule has 0 aliphatic carbocycles. The predicted octanol–water partition coefficient (Wildman–Crippen LogP) is 2.32. The Labute approximate surface area is 168 Å². The Balaban J connectivity index is 1.67. The number of rotatable bonds is 7. The SMILES string of the molecule is CS(=N)(=O)c1ccccc1COC(=O)N[C@@H](Cc1coc2ccccc12)B(O)O. The number of hydrogen-bond acceptors (Lipinski definition) is 7. The number of nitrogens with one attached hydrogen (secondary N) is 2. The van der Waals surface area contributed by atoms with Crippen LogP contribution in [0.3, 0.4) is 0 Å². The minimum Gasteiger partial charge on any atom is -0.464 e. The van der Waals surface area contributed by atoms with Gasteiger partial charge in [-0.1, -0.05) is 36.4 Å². The third-order valence-corrected chi connectivity index (χ3v) is 5.65. The largest absolute Gasteiger partial charge is 0.475 e. The average Bonchev–Trinajstić information content (AvgIpc) is 3.08. The lowest BCUT2D eigenvalue weighted by atomic mass is 9.76. The van der Waals surface area contributed by atoms with E-state index in [-0.39, 0.29) is 17.9 Å². The molecule has 152 valence electrons. The van der Waals surface area contributed by atoms with Crippen LogP contribution in [0.2, 0.25) is 0 Å². The molecule has 0 saturated heterocycles. The normalized spacial score (nSPS) is 14.2. The lowest BCUT2D eigenvalue weighted by Gasteiger charge is -2.17. The zero-order chi connectivity index (χ0) is 21.0. The van der Waals surface area contributed by atoms with Crippen molar-refractivity contribution in [2.45, 2.75) is 23.9 Å². The molecule has 0 aliphatic heterocycles. The van der Waals surface area contributed by atoms with Crippen LogP contribution < -0.4 is 5.32 Å². The van der Waals surface area contributed by atoms with Crippen molar-refractivity contribution in [1.82, 2.24) is 5.32 Å². The molecule has 2 aromatic carbocycles. The van der Waals surface area contributed by atoms with Gasteiger partial charge >= 0.3 is 13.2 Å². The Morgan fingerprint density at radius 2 is 1.90 bits per heavy atom. The van der Waals surface area contributed by atoms with Crippen LogP contribution in [0.4, 0.5) is 4.79 Å². The number of hydrogen-bond donors (Lipinski definition) is 4. The Morgan fingerprint density at radius 1 is 1.21 bits per heavy atom. The van der Waals surface area contributed by atoms with Gasteiger partial charge < -0.3 is 24.5 Å². The van der Waals surface area contributed by atoms with Crippen LogP contribution in [-0.4, -0.2) is 39.7 Å². The van der Waals surface area contributed by atoms with Crippen LogP contribution in [0.1, 0.15) is 11.1 Å². The van der Waals surface area contributed by atoms with E-state index >= 15 is 0 Å². The molecule has 29 heavy (non-hydrogen) atoms. The number of carbonyl (C=O) groups excluding carboxylic acids is 1. The monoisotopic (exact) mass is 416 g/mol. The molecule has 0 aliphatic rings. The summed E-state index contributed by atoms with van der Waals surface area (Å²) in [5.41, 5.74) is 1.82. The first kappa shape index (κ1) is 20.9. The molecule has 10 heteroatoms. The van der Waals surface area contributed by atoms with E-state index in [0.717, 1.165) is 5.39 Å². The fourth-order valence-electron chi connectivity index (χ4n) is 3.00. The molecule has 2 atom stereocenters. The molecule has 0 saturated carbocycles. The van der Waals surface area contributed by atoms with Crippen molar-refractivity contribution in [2.24, 2.45) is 0 Å². The van der Waals surface area contributed by atoms with Crippen molar-refractivity contribution in [2.75, 3.05) is 6.26 Å². The number of amides is 1. The molecule has 8 nitrogen and oxygen atoms in total. The number of fused-ring (bicyclic) bond motifs is 1. The van der Waals surface area contributed by atoms with Gasteiger partial charge in [0.1, 0.15) is 12.2 Å². The molecule has 0 spiro atoms. The molecule has 1 unspecified atom stereocenters. The summed E-state index contributed by atoms with van der Waals surface area (Å²) in [5.74, 6) is -1.02. The highest BCUT2D eigenvalue weighted by Gasteiger charge is 2.27. The van der Waals surface area contributed by atoms with Crippen molar-refractivity contribution >= 4 is 33.9 Å². The van der Waals surface area contributed by atoms with Crippen molar-refractivity contribution in [3.05, 3.63) is 65.9 Å². The first-order valence-electron chi connectivity index (χ1n) is 8.82. The standard InChI is InChI=1S/C19H21BN2O6S/c1-29(21,26)17-9-5-2-6-13(17)11-28-19(23)22-18(20(24)25)10-14-12-27-16-8-4-3-7-15(14)16/h2-9,12,18,21,24-25H,10-11H2,1H3,(H,22,23)/t18-,29?/m0/s1. The topological polar surface area (TPSA) is 133 Å². The van der Waals surface area contributed by atoms with Crippen molar-refractivity contribution < 1.29 is 28.2 Å². The highest BCUT2D eigenvalue weighted by Crippen LogP contribution is 2.22. The van der Waals surface area contributed by atoms with Crippen LogP contribution >= 0.6 is 0 Å². The van der Waals surface area contributed by atoms with Gasteiger partial charge in [-0.25, -0.2) is 13.8 Å². The van der Waals surface area contributed by atoms with Gasteiger partial charge in [-0.3, -0.25) is 0 Å². The van der Waals surface area contributed by atoms with Crippen LogP contribution in [0, 0.1) is 4.78 Å². The molecule has 1 amide bonds. The molecule has 4 N–H and O–H groups in total. The third kappa shape index (κ3) is 5.17. The van der Waals surface area contributed by atoms with E-state index in [4.69, 9.17) is 13.9 Å². The fourth-order valence-corrected chi connectivity index (χ4v) is 3.96. The molecular weight excluding hydrogens is 395 g/mol. The van der Waals surface area contributed by atoms with E-state index in [0.29, 0.717) is 16.7 Å². The van der Waals surface area contributed by atoms with E-state index in [1.165, 1.54) is 12.5 Å². The van der Waals surface area contributed by atoms with Gasteiger partial charge in [-0.15, -0.1) is 0 Å². The van der Waals surface area contributed by atoms with Crippen molar-refractivity contribution in [1.29, 1.82) is 4.78 Å². The smallest absolute Gasteiger partial charge is 0.464 e. The van der Waals surface area contributed by atoms with E-state index in [1.54, 1.807) is 30.3 Å². The second-order valence-electron chi connectivity index (χ2n) is 6.65. The van der Waals surface area contributed by atoms with Gasteiger partial charge in [0, 0.05) is 17.2 Å². The van der Waals surface area contributed by atoms with Crippen LogP contribution in [0.15, 0.2) is 64.1 Å². The average molecular weight is 416 g/mol. The van der Waals surface area contributed by atoms with Crippen molar-refractivity contribution in [3.8, 4) is 0 Å². The number of ether oxygens (including phenoxy) is 1. The maximum absolute atomic E-state index is 12.2. The van der Waals surface area contributed by atoms with Crippen LogP contribution in [0.25, 0.3) is 11.0 Å². The quantitative estimate of drug-likeness (QED) is 0.437. The first-order valence-corrected chi connectivity index (χ1v) is 10.8. The van der Waals surface area contributed by atoms with Gasteiger partial charge in [-0.2, -0.15) is 0 Å². The summed E-state index contributed by atoms with van der Waals surface area (Å²) >= 11 is 0. The van der Waals surface area contributed by atoms with E-state index in [9.17, 15) is 19.1 Å². The van der Waals surface area contributed by atoms with Gasteiger partial charge in [0.15, 0.2) is 0 Å². The second-order valence-corrected chi connectivity index (χ2v) is 8.78. The Hall–Kier alpha value is -2.82. The van der Waals surface area contributed by atoms with E-state index in [2.05, 4.69) is 5.32 Å². The highest BCUT2D eigenvalue weighted by molar-refractivity contribution is 7.91. The first-order chi connectivity index (χ1) is 13.8. The van der Waals surface area contributed by atoms with Crippen molar-refractivity contribution in [3.63, 3.8) is 0 Å². The van der Waals surface area contributed by atoms with E-state index in [1.807, 2.05) is 18.2 Å². The molecule has 0 fully saturated rings. The molecule has 1 heterocycles. The number of alkyl carbamates (subject to hydrolysis) is 1. The summed E-state index contributed by atoms with van der Waals surface area (Å²) in [6, 6.07) is 13.8. The maximum atomic E-state index is 12.2. The summed E-state index contributed by atoms with van der Waals surface area (Å²) in [5, 5.41) is 22.6. The summed E-state index contributed by atoms with van der Waals surface area (Å²) < 4.78 is 30.4. The molecule has 1 aromatic heterocycles. The predicted molar refractivity (Wildman–Crippen MR) is 109 cm³/mol. The molecular formula is C19H21BN2O6S. The van der Waals surface area contributed by atoms with Gasteiger partial charge in [0.2, 0.25) is 0 Å². The minimum atomic E-state index is -2.98. The summed E-state index contributed by atoms with van der Waals surface area (Å²) in [7, 11) is -4.79. The Kier molecular flexibility index (Phi) is 6.26. The van der Waals surface area contributed by atoms with Crippen LogP contribution in [0.5, 0.6) is 0 Å². The summed E-state index contributed by atoms with van der Waals surface area (Å²) in [6.45, 7) is -0.200. The molecule has 0 radical (unpaired) electrons. The maximum Gasteiger partial charge on any atom is 0.475 e. The second kappa shape index (κ2) is 8.68.